The van der Waals surface area contributed by atoms with E-state index in [1.54, 1.807) is 48.5 Å². The maximum Gasteiger partial charge on any atom is 0.261 e. The van der Waals surface area contributed by atoms with Gasteiger partial charge in [0.15, 0.2) is 0 Å². The van der Waals surface area contributed by atoms with Crippen molar-refractivity contribution in [3.05, 3.63) is 54.1 Å². The standard InChI is InChI=1S/C18H22N2O3S/c1-4-14(3)18(21)19-15-7-9-16(10-8-15)20-24(22,23)17-11-5-13(2)6-12-17/h5-12,14,20H,4H2,1-3H3,(H,19,21). The first-order chi connectivity index (χ1) is 11.3. The molecule has 0 aliphatic carbocycles. The lowest BCUT2D eigenvalue weighted by atomic mass is 10.1. The van der Waals surface area contributed by atoms with Crippen molar-refractivity contribution in [2.45, 2.75) is 32.1 Å². The molecule has 2 N–H and O–H groups in total. The Morgan fingerprint density at radius 3 is 2.08 bits per heavy atom. The Balaban J connectivity index is 2.08. The summed E-state index contributed by atoms with van der Waals surface area (Å²) in [5, 5.41) is 2.80. The molecule has 2 rings (SSSR count). The van der Waals surface area contributed by atoms with Gasteiger partial charge in [-0.2, -0.15) is 0 Å². The molecule has 128 valence electrons. The van der Waals surface area contributed by atoms with Gasteiger partial charge in [-0.1, -0.05) is 31.5 Å². The third-order valence-electron chi connectivity index (χ3n) is 3.80. The summed E-state index contributed by atoms with van der Waals surface area (Å²) in [5.41, 5.74) is 2.08. The van der Waals surface area contributed by atoms with E-state index in [0.717, 1.165) is 12.0 Å². The predicted molar refractivity (Wildman–Crippen MR) is 96.5 cm³/mol. The normalized spacial score (nSPS) is 12.5. The van der Waals surface area contributed by atoms with Crippen molar-refractivity contribution in [1.82, 2.24) is 0 Å². The smallest absolute Gasteiger partial charge is 0.261 e. The minimum absolute atomic E-state index is 0.0505. The van der Waals surface area contributed by atoms with E-state index in [1.807, 2.05) is 20.8 Å². The Hall–Kier alpha value is -2.34. The molecule has 0 saturated heterocycles. The van der Waals surface area contributed by atoms with Crippen molar-refractivity contribution in [1.29, 1.82) is 0 Å². The van der Waals surface area contributed by atoms with Crippen LogP contribution in [0.3, 0.4) is 0 Å². The van der Waals surface area contributed by atoms with Crippen molar-refractivity contribution < 1.29 is 13.2 Å². The van der Waals surface area contributed by atoms with Crippen LogP contribution in [0, 0.1) is 12.8 Å². The van der Waals surface area contributed by atoms with Crippen LogP contribution < -0.4 is 10.0 Å². The molecule has 1 unspecified atom stereocenters. The van der Waals surface area contributed by atoms with Crippen molar-refractivity contribution in [3.63, 3.8) is 0 Å². The minimum Gasteiger partial charge on any atom is -0.326 e. The molecule has 0 radical (unpaired) electrons. The number of rotatable bonds is 6. The molecule has 0 aliphatic heterocycles. The molecule has 0 aliphatic rings. The van der Waals surface area contributed by atoms with Crippen molar-refractivity contribution in [2.24, 2.45) is 5.92 Å². The molecule has 0 bridgehead atoms. The molecule has 1 amide bonds. The van der Waals surface area contributed by atoms with E-state index in [1.165, 1.54) is 0 Å². The molecule has 2 aromatic rings. The van der Waals surface area contributed by atoms with Gasteiger partial charge < -0.3 is 5.32 Å². The number of sulfonamides is 1. The molecule has 6 heteroatoms. The number of benzene rings is 2. The van der Waals surface area contributed by atoms with Crippen LogP contribution in [0.15, 0.2) is 53.4 Å². The number of nitrogens with one attached hydrogen (secondary N) is 2. The van der Waals surface area contributed by atoms with Crippen LogP contribution in [0.2, 0.25) is 0 Å². The van der Waals surface area contributed by atoms with E-state index in [4.69, 9.17) is 0 Å². The monoisotopic (exact) mass is 346 g/mol. The second-order valence-corrected chi connectivity index (χ2v) is 7.48. The molecule has 24 heavy (non-hydrogen) atoms. The summed E-state index contributed by atoms with van der Waals surface area (Å²) < 4.78 is 27.2. The number of aryl methyl sites for hydroxylation is 1. The summed E-state index contributed by atoms with van der Waals surface area (Å²) >= 11 is 0. The fourth-order valence-electron chi connectivity index (χ4n) is 2.00. The van der Waals surface area contributed by atoms with Crippen LogP contribution >= 0.6 is 0 Å². The van der Waals surface area contributed by atoms with Gasteiger partial charge in [-0.05, 0) is 49.7 Å². The Morgan fingerprint density at radius 2 is 1.54 bits per heavy atom. The summed E-state index contributed by atoms with van der Waals surface area (Å²) in [6, 6.07) is 13.2. The molecule has 2 aromatic carbocycles. The van der Waals surface area contributed by atoms with Gasteiger partial charge in [0.25, 0.3) is 10.0 Å². The average molecular weight is 346 g/mol. The molecule has 0 saturated carbocycles. The fraction of sp³-hybridized carbons (Fsp3) is 0.278. The van der Waals surface area contributed by atoms with E-state index in [-0.39, 0.29) is 16.7 Å². The lowest BCUT2D eigenvalue weighted by molar-refractivity contribution is -0.119. The average Bonchev–Trinajstić information content (AvgIpc) is 2.56. The second-order valence-electron chi connectivity index (χ2n) is 5.79. The van der Waals surface area contributed by atoms with Crippen molar-refractivity contribution in [2.75, 3.05) is 10.0 Å². The number of carbonyl (C=O) groups is 1. The Kier molecular flexibility index (Phi) is 5.62. The molecule has 5 nitrogen and oxygen atoms in total. The number of carbonyl (C=O) groups excluding carboxylic acids is 1. The largest absolute Gasteiger partial charge is 0.326 e. The highest BCUT2D eigenvalue weighted by atomic mass is 32.2. The topological polar surface area (TPSA) is 75.3 Å². The molecule has 1 atom stereocenters. The highest BCUT2D eigenvalue weighted by Gasteiger charge is 2.14. The van der Waals surface area contributed by atoms with E-state index >= 15 is 0 Å². The van der Waals surface area contributed by atoms with Gasteiger partial charge in [0.1, 0.15) is 0 Å². The van der Waals surface area contributed by atoms with Gasteiger partial charge in [0, 0.05) is 17.3 Å². The first-order valence-corrected chi connectivity index (χ1v) is 9.30. The number of anilines is 2. The summed E-state index contributed by atoms with van der Waals surface area (Å²) in [6.45, 7) is 5.71. The van der Waals surface area contributed by atoms with E-state index in [9.17, 15) is 13.2 Å². The maximum atomic E-state index is 12.3. The fourth-order valence-corrected chi connectivity index (χ4v) is 3.06. The third kappa shape index (κ3) is 4.58. The second kappa shape index (κ2) is 7.49. The van der Waals surface area contributed by atoms with Gasteiger partial charge in [0.05, 0.1) is 4.90 Å². The summed E-state index contributed by atoms with van der Waals surface area (Å²) in [5.74, 6) is -0.116. The number of amides is 1. The zero-order valence-electron chi connectivity index (χ0n) is 14.0. The predicted octanol–water partition coefficient (Wildman–Crippen LogP) is 3.78. The zero-order chi connectivity index (χ0) is 17.7. The molecule has 0 fully saturated rings. The first kappa shape index (κ1) is 18.0. The quantitative estimate of drug-likeness (QED) is 0.836. The third-order valence-corrected chi connectivity index (χ3v) is 5.19. The summed E-state index contributed by atoms with van der Waals surface area (Å²) in [6.07, 6.45) is 0.764. The van der Waals surface area contributed by atoms with Gasteiger partial charge in [-0.25, -0.2) is 8.42 Å². The van der Waals surface area contributed by atoms with Crippen LogP contribution in [0.5, 0.6) is 0 Å². The number of hydrogen-bond donors (Lipinski definition) is 2. The van der Waals surface area contributed by atoms with E-state index < -0.39 is 10.0 Å². The first-order valence-electron chi connectivity index (χ1n) is 7.82. The van der Waals surface area contributed by atoms with Crippen LogP contribution in [0.1, 0.15) is 25.8 Å². The molecular formula is C18H22N2O3S. The van der Waals surface area contributed by atoms with Crippen LogP contribution in [-0.4, -0.2) is 14.3 Å². The summed E-state index contributed by atoms with van der Waals surface area (Å²) in [4.78, 5) is 12.1. The van der Waals surface area contributed by atoms with Gasteiger partial charge in [-0.15, -0.1) is 0 Å². The van der Waals surface area contributed by atoms with Gasteiger partial charge >= 0.3 is 0 Å². The van der Waals surface area contributed by atoms with Crippen LogP contribution in [-0.2, 0) is 14.8 Å². The van der Waals surface area contributed by atoms with E-state index in [2.05, 4.69) is 10.0 Å². The van der Waals surface area contributed by atoms with Crippen LogP contribution in [0.25, 0.3) is 0 Å². The van der Waals surface area contributed by atoms with Gasteiger partial charge in [-0.3, -0.25) is 9.52 Å². The highest BCUT2D eigenvalue weighted by molar-refractivity contribution is 7.92. The molecule has 0 heterocycles. The Bertz CT molecular complexity index is 797. The SMILES string of the molecule is CCC(C)C(=O)Nc1ccc(NS(=O)(=O)c2ccc(C)cc2)cc1. The minimum atomic E-state index is -3.62. The Morgan fingerprint density at radius 1 is 1.00 bits per heavy atom. The molecular weight excluding hydrogens is 324 g/mol. The Labute approximate surface area is 143 Å². The molecule has 0 spiro atoms. The zero-order valence-corrected chi connectivity index (χ0v) is 14.9. The number of hydrogen-bond acceptors (Lipinski definition) is 3. The highest BCUT2D eigenvalue weighted by Crippen LogP contribution is 2.19. The van der Waals surface area contributed by atoms with Gasteiger partial charge in [0.2, 0.25) is 5.91 Å². The summed E-state index contributed by atoms with van der Waals surface area (Å²) in [7, 11) is -3.62. The van der Waals surface area contributed by atoms with Crippen molar-refractivity contribution >= 4 is 27.3 Å². The van der Waals surface area contributed by atoms with E-state index in [0.29, 0.717) is 11.4 Å². The van der Waals surface area contributed by atoms with Crippen molar-refractivity contribution in [3.8, 4) is 0 Å². The lowest BCUT2D eigenvalue weighted by Gasteiger charge is -2.11. The maximum absolute atomic E-state index is 12.3. The lowest BCUT2D eigenvalue weighted by Crippen LogP contribution is -2.19. The van der Waals surface area contributed by atoms with Crippen LogP contribution in [0.4, 0.5) is 11.4 Å². The molecule has 0 aromatic heterocycles.